The summed E-state index contributed by atoms with van der Waals surface area (Å²) in [4.78, 5) is 29.5. The lowest BCUT2D eigenvalue weighted by molar-refractivity contribution is -0.492. The van der Waals surface area contributed by atoms with Crippen molar-refractivity contribution in [2.75, 3.05) is 13.2 Å². The number of nitrogens with zero attached hydrogens (tertiary/aromatic N) is 2. The fourth-order valence-electron chi connectivity index (χ4n) is 3.24. The summed E-state index contributed by atoms with van der Waals surface area (Å²) in [6, 6.07) is 12.6. The highest BCUT2D eigenvalue weighted by molar-refractivity contribution is 6.08. The van der Waals surface area contributed by atoms with Gasteiger partial charge in [-0.25, -0.2) is 0 Å². The van der Waals surface area contributed by atoms with Crippen LogP contribution < -0.4 is 0 Å². The Morgan fingerprint density at radius 2 is 1.81 bits per heavy atom. The third kappa shape index (κ3) is 4.61. The molecule has 1 aromatic heterocycles. The average molecular weight is 374 g/mol. The van der Waals surface area contributed by atoms with E-state index < -0.39 is 0 Å². The minimum atomic E-state index is -0.371. The topological polar surface area (TPSA) is 101 Å². The molecule has 1 aromatic carbocycles. The summed E-state index contributed by atoms with van der Waals surface area (Å²) in [5, 5.41) is 16.5. The van der Waals surface area contributed by atoms with Crippen molar-refractivity contribution in [3.63, 3.8) is 0 Å². The molecule has 0 spiro atoms. The molecular formula is C19H22N2O6. The summed E-state index contributed by atoms with van der Waals surface area (Å²) in [6.45, 7) is 0.945. The number of esters is 1. The van der Waals surface area contributed by atoms with Gasteiger partial charge < -0.3 is 9.30 Å². The van der Waals surface area contributed by atoms with E-state index in [9.17, 15) is 9.59 Å². The standard InChI is InChI=1S/C19H22N2O6/c22-18(14-6-2-1-3-7-14)17-9-8-16-15(10-11-20(16)17)19(23)26-12-4-5-13-27-21(24)25/h1-3,6-9,15,24-25H,4-5,10-13H2. The van der Waals surface area contributed by atoms with Gasteiger partial charge in [0.15, 0.2) is 0 Å². The second kappa shape index (κ2) is 8.92. The third-order valence-corrected chi connectivity index (χ3v) is 4.56. The van der Waals surface area contributed by atoms with Crippen LogP contribution in [0.1, 0.15) is 46.9 Å². The van der Waals surface area contributed by atoms with E-state index in [1.165, 1.54) is 0 Å². The predicted octanol–water partition coefficient (Wildman–Crippen LogP) is 2.54. The van der Waals surface area contributed by atoms with Gasteiger partial charge in [0, 0.05) is 17.8 Å². The number of hydrogen-bond donors (Lipinski definition) is 2. The molecule has 2 N–H and O–H groups in total. The van der Waals surface area contributed by atoms with Crippen LogP contribution in [0, 0.1) is 0 Å². The molecule has 0 bridgehead atoms. The normalized spacial score (nSPS) is 15.7. The largest absolute Gasteiger partial charge is 0.465 e. The number of aromatic nitrogens is 1. The summed E-state index contributed by atoms with van der Waals surface area (Å²) in [6.07, 6.45) is 1.67. The Morgan fingerprint density at radius 1 is 1.07 bits per heavy atom. The molecule has 0 amide bonds. The molecule has 0 saturated carbocycles. The molecule has 1 unspecified atom stereocenters. The smallest absolute Gasteiger partial charge is 0.315 e. The molecule has 27 heavy (non-hydrogen) atoms. The third-order valence-electron chi connectivity index (χ3n) is 4.56. The first-order chi connectivity index (χ1) is 13.1. The van der Waals surface area contributed by atoms with E-state index >= 15 is 0 Å². The average Bonchev–Trinajstić information content (AvgIpc) is 3.26. The molecule has 0 saturated heterocycles. The van der Waals surface area contributed by atoms with Crippen molar-refractivity contribution >= 4 is 11.8 Å². The Bertz CT molecular complexity index is 787. The van der Waals surface area contributed by atoms with Gasteiger partial charge in [0.1, 0.15) is 0 Å². The molecule has 2 aromatic rings. The van der Waals surface area contributed by atoms with Crippen molar-refractivity contribution in [1.82, 2.24) is 9.96 Å². The van der Waals surface area contributed by atoms with E-state index in [2.05, 4.69) is 4.84 Å². The molecular weight excluding hydrogens is 352 g/mol. The zero-order valence-corrected chi connectivity index (χ0v) is 14.8. The van der Waals surface area contributed by atoms with Gasteiger partial charge in [-0.2, -0.15) is 0 Å². The van der Waals surface area contributed by atoms with Crippen molar-refractivity contribution in [1.29, 1.82) is 0 Å². The first-order valence-corrected chi connectivity index (χ1v) is 8.84. The van der Waals surface area contributed by atoms with Crippen LogP contribution in [-0.4, -0.2) is 45.3 Å². The van der Waals surface area contributed by atoms with Crippen molar-refractivity contribution < 1.29 is 29.6 Å². The van der Waals surface area contributed by atoms with Gasteiger partial charge >= 0.3 is 5.97 Å². The summed E-state index contributed by atoms with van der Waals surface area (Å²) in [5.74, 6) is -0.737. The van der Waals surface area contributed by atoms with Crippen molar-refractivity contribution in [3.8, 4) is 0 Å². The molecule has 2 heterocycles. The fraction of sp³-hybridized carbons (Fsp3) is 0.368. The maximum absolute atomic E-state index is 12.7. The SMILES string of the molecule is O=C(c1ccccc1)c1ccc2n1CCC2C(=O)OCCCCON(O)O. The molecule has 3 rings (SSSR count). The predicted molar refractivity (Wildman–Crippen MR) is 93.2 cm³/mol. The van der Waals surface area contributed by atoms with E-state index in [1.807, 2.05) is 28.8 Å². The molecule has 0 radical (unpaired) electrons. The van der Waals surface area contributed by atoms with E-state index in [-0.39, 0.29) is 36.3 Å². The van der Waals surface area contributed by atoms with E-state index in [4.69, 9.17) is 15.2 Å². The molecule has 0 aliphatic carbocycles. The monoisotopic (exact) mass is 374 g/mol. The molecule has 1 aliphatic heterocycles. The number of carbonyl (C=O) groups is 2. The molecule has 1 atom stereocenters. The number of carbonyl (C=O) groups excluding carboxylic acids is 2. The highest BCUT2D eigenvalue weighted by atomic mass is 17.1. The Morgan fingerprint density at radius 3 is 2.56 bits per heavy atom. The lowest BCUT2D eigenvalue weighted by atomic mass is 10.1. The number of ketones is 1. The van der Waals surface area contributed by atoms with Gasteiger partial charge in [-0.15, -0.1) is 0 Å². The van der Waals surface area contributed by atoms with Gasteiger partial charge in [0.25, 0.3) is 0 Å². The Hall–Kier alpha value is -2.52. The number of fused-ring (bicyclic) bond motifs is 1. The highest BCUT2D eigenvalue weighted by Gasteiger charge is 2.32. The van der Waals surface area contributed by atoms with Crippen LogP contribution >= 0.6 is 0 Å². The summed E-state index contributed by atoms with van der Waals surface area (Å²) < 4.78 is 7.21. The maximum Gasteiger partial charge on any atom is 0.315 e. The van der Waals surface area contributed by atoms with E-state index in [0.29, 0.717) is 37.1 Å². The van der Waals surface area contributed by atoms with Crippen molar-refractivity contribution in [3.05, 3.63) is 59.4 Å². The first kappa shape index (κ1) is 19.2. The number of unbranched alkanes of at least 4 members (excludes halogenated alkanes) is 1. The minimum Gasteiger partial charge on any atom is -0.465 e. The van der Waals surface area contributed by atoms with Crippen LogP contribution in [-0.2, 0) is 20.9 Å². The zero-order chi connectivity index (χ0) is 19.2. The van der Waals surface area contributed by atoms with Crippen molar-refractivity contribution in [2.45, 2.75) is 31.7 Å². The number of ether oxygens (including phenoxy) is 1. The van der Waals surface area contributed by atoms with Crippen molar-refractivity contribution in [2.24, 2.45) is 0 Å². The fourth-order valence-corrected chi connectivity index (χ4v) is 3.24. The van der Waals surface area contributed by atoms with Gasteiger partial charge in [0.05, 0.1) is 30.2 Å². The van der Waals surface area contributed by atoms with E-state index in [1.54, 1.807) is 18.2 Å². The molecule has 1 aliphatic rings. The lowest BCUT2D eigenvalue weighted by Gasteiger charge is -2.10. The molecule has 8 nitrogen and oxygen atoms in total. The number of hydrogen-bond acceptors (Lipinski definition) is 7. The molecule has 144 valence electrons. The van der Waals surface area contributed by atoms with Crippen LogP contribution in [0.15, 0.2) is 42.5 Å². The highest BCUT2D eigenvalue weighted by Crippen LogP contribution is 2.32. The Balaban J connectivity index is 1.55. The van der Waals surface area contributed by atoms with Gasteiger partial charge in [0.2, 0.25) is 5.78 Å². The number of rotatable bonds is 9. The maximum atomic E-state index is 12.7. The molecule has 0 fully saturated rings. The second-order valence-corrected chi connectivity index (χ2v) is 6.29. The zero-order valence-electron chi connectivity index (χ0n) is 14.8. The van der Waals surface area contributed by atoms with Crippen LogP contribution in [0.5, 0.6) is 0 Å². The van der Waals surface area contributed by atoms with Crippen LogP contribution in [0.2, 0.25) is 0 Å². The van der Waals surface area contributed by atoms with Gasteiger partial charge in [-0.3, -0.25) is 24.8 Å². The van der Waals surface area contributed by atoms with Gasteiger partial charge in [-0.1, -0.05) is 30.3 Å². The first-order valence-electron chi connectivity index (χ1n) is 8.84. The summed E-state index contributed by atoms with van der Waals surface area (Å²) in [7, 11) is 0. The van der Waals surface area contributed by atoms with Crippen LogP contribution in [0.3, 0.4) is 0 Å². The summed E-state index contributed by atoms with van der Waals surface area (Å²) in [5.41, 5.74) is 2.01. The minimum absolute atomic E-state index is 0.0577. The summed E-state index contributed by atoms with van der Waals surface area (Å²) >= 11 is 0. The lowest BCUT2D eigenvalue weighted by Crippen LogP contribution is -2.17. The Kier molecular flexibility index (Phi) is 6.36. The van der Waals surface area contributed by atoms with Crippen LogP contribution in [0.4, 0.5) is 0 Å². The van der Waals surface area contributed by atoms with Crippen LogP contribution in [0.25, 0.3) is 0 Å². The Labute approximate surface area is 156 Å². The second-order valence-electron chi connectivity index (χ2n) is 6.29. The van der Waals surface area contributed by atoms with Gasteiger partial charge in [-0.05, 0) is 31.4 Å². The number of benzene rings is 1. The van der Waals surface area contributed by atoms with E-state index in [0.717, 1.165) is 5.69 Å². The quantitative estimate of drug-likeness (QED) is 0.301. The molecule has 8 heteroatoms.